The number of ether oxygens (including phenoxy) is 2. The number of aromatic amines is 1. The van der Waals surface area contributed by atoms with Crippen LogP contribution in [0.4, 0.5) is 0 Å². The summed E-state index contributed by atoms with van der Waals surface area (Å²) in [6.07, 6.45) is 1.61. The van der Waals surface area contributed by atoms with Gasteiger partial charge in [-0.1, -0.05) is 25.4 Å². The molecule has 0 radical (unpaired) electrons. The second-order valence-electron chi connectivity index (χ2n) is 4.80. The number of nitrogens with one attached hydrogen (secondary N) is 1. The molecule has 0 bridgehead atoms. The van der Waals surface area contributed by atoms with E-state index in [1.165, 1.54) is 7.11 Å². The second kappa shape index (κ2) is 6.93. The number of H-pyrrole nitrogens is 1. The van der Waals surface area contributed by atoms with Gasteiger partial charge in [0, 0.05) is 11.5 Å². The lowest BCUT2D eigenvalue weighted by atomic mass is 10.2. The van der Waals surface area contributed by atoms with Gasteiger partial charge in [-0.25, -0.2) is 0 Å². The molecule has 0 atom stereocenters. The summed E-state index contributed by atoms with van der Waals surface area (Å²) >= 11 is 11.5. The standard InChI is InChI=1S/C14H17ClN4O2S/c1-8(2)13-17-18-14(22)19(13)16-7-9-5-6-10(20-3)12(21-4)11(9)15/h5-8H,1-4H3,(H,18,22)/b16-7-. The van der Waals surface area contributed by atoms with Crippen LogP contribution in [0.5, 0.6) is 11.5 Å². The van der Waals surface area contributed by atoms with Gasteiger partial charge < -0.3 is 9.47 Å². The van der Waals surface area contributed by atoms with Crippen LogP contribution in [-0.2, 0) is 0 Å². The van der Waals surface area contributed by atoms with Gasteiger partial charge in [-0.15, -0.1) is 0 Å². The van der Waals surface area contributed by atoms with Crippen LogP contribution in [0.15, 0.2) is 17.2 Å². The molecular formula is C14H17ClN4O2S. The Bertz CT molecular complexity index is 752. The minimum absolute atomic E-state index is 0.186. The number of nitrogens with zero attached hydrogens (tertiary/aromatic N) is 3. The Labute approximate surface area is 138 Å². The average molecular weight is 341 g/mol. The zero-order valence-electron chi connectivity index (χ0n) is 12.8. The van der Waals surface area contributed by atoms with Crippen LogP contribution in [0.25, 0.3) is 0 Å². The molecule has 22 heavy (non-hydrogen) atoms. The molecule has 0 spiro atoms. The van der Waals surface area contributed by atoms with Crippen LogP contribution in [0.1, 0.15) is 31.2 Å². The van der Waals surface area contributed by atoms with Crippen molar-refractivity contribution in [2.24, 2.45) is 5.10 Å². The summed E-state index contributed by atoms with van der Waals surface area (Å²) in [6, 6.07) is 3.57. The average Bonchev–Trinajstić information content (AvgIpc) is 2.87. The summed E-state index contributed by atoms with van der Waals surface area (Å²) in [5.74, 6) is 1.96. The quantitative estimate of drug-likeness (QED) is 0.667. The molecule has 1 N–H and O–H groups in total. The zero-order chi connectivity index (χ0) is 16.3. The third-order valence-electron chi connectivity index (χ3n) is 3.02. The van der Waals surface area contributed by atoms with Crippen molar-refractivity contribution in [1.82, 2.24) is 14.9 Å². The number of rotatable bonds is 5. The van der Waals surface area contributed by atoms with E-state index in [1.54, 1.807) is 30.1 Å². The number of methoxy groups -OCH3 is 2. The number of aromatic nitrogens is 3. The molecule has 0 aliphatic rings. The van der Waals surface area contributed by atoms with Crippen molar-refractivity contribution in [3.8, 4) is 11.5 Å². The zero-order valence-corrected chi connectivity index (χ0v) is 14.3. The number of hydrogen-bond acceptors (Lipinski definition) is 5. The smallest absolute Gasteiger partial charge is 0.216 e. The Balaban J connectivity index is 2.44. The minimum atomic E-state index is 0.186. The molecule has 2 rings (SSSR count). The Kier molecular flexibility index (Phi) is 5.20. The summed E-state index contributed by atoms with van der Waals surface area (Å²) < 4.78 is 12.5. The normalized spacial score (nSPS) is 11.4. The Morgan fingerprint density at radius 2 is 2.09 bits per heavy atom. The van der Waals surface area contributed by atoms with E-state index in [1.807, 2.05) is 13.8 Å². The van der Waals surface area contributed by atoms with Crippen molar-refractivity contribution in [1.29, 1.82) is 0 Å². The second-order valence-corrected chi connectivity index (χ2v) is 5.57. The molecule has 0 saturated carbocycles. The fraction of sp³-hybridized carbons (Fsp3) is 0.357. The fourth-order valence-electron chi connectivity index (χ4n) is 1.91. The Morgan fingerprint density at radius 3 is 2.68 bits per heavy atom. The fourth-order valence-corrected chi connectivity index (χ4v) is 2.38. The molecule has 2 aromatic rings. The van der Waals surface area contributed by atoms with Gasteiger partial charge in [-0.3, -0.25) is 5.10 Å². The summed E-state index contributed by atoms with van der Waals surface area (Å²) in [6.45, 7) is 4.03. The predicted octanol–water partition coefficient (Wildman–Crippen LogP) is 3.62. The minimum Gasteiger partial charge on any atom is -0.493 e. The van der Waals surface area contributed by atoms with Crippen molar-refractivity contribution in [2.45, 2.75) is 19.8 Å². The Hall–Kier alpha value is -1.86. The van der Waals surface area contributed by atoms with Gasteiger partial charge in [-0.05, 0) is 24.4 Å². The summed E-state index contributed by atoms with van der Waals surface area (Å²) in [5, 5.41) is 11.7. The summed E-state index contributed by atoms with van der Waals surface area (Å²) in [7, 11) is 3.09. The van der Waals surface area contributed by atoms with E-state index in [0.29, 0.717) is 26.9 Å². The van der Waals surface area contributed by atoms with E-state index < -0.39 is 0 Å². The highest BCUT2D eigenvalue weighted by Crippen LogP contribution is 2.36. The number of halogens is 1. The molecule has 0 aliphatic heterocycles. The first-order valence-corrected chi connectivity index (χ1v) is 7.40. The molecule has 1 aromatic carbocycles. The largest absolute Gasteiger partial charge is 0.493 e. The molecular weight excluding hydrogens is 324 g/mol. The maximum atomic E-state index is 6.32. The molecule has 1 aromatic heterocycles. The molecule has 8 heteroatoms. The van der Waals surface area contributed by atoms with E-state index in [2.05, 4.69) is 15.3 Å². The maximum Gasteiger partial charge on any atom is 0.216 e. The number of hydrogen-bond donors (Lipinski definition) is 1. The predicted molar refractivity (Wildman–Crippen MR) is 89.0 cm³/mol. The van der Waals surface area contributed by atoms with Crippen LogP contribution in [0.3, 0.4) is 0 Å². The topological polar surface area (TPSA) is 64.4 Å². The molecule has 0 unspecified atom stereocenters. The van der Waals surface area contributed by atoms with Crippen LogP contribution in [0, 0.1) is 4.77 Å². The molecule has 1 heterocycles. The molecule has 118 valence electrons. The van der Waals surface area contributed by atoms with Gasteiger partial charge in [0.1, 0.15) is 0 Å². The first-order valence-electron chi connectivity index (χ1n) is 6.61. The molecule has 0 saturated heterocycles. The van der Waals surface area contributed by atoms with E-state index >= 15 is 0 Å². The lowest BCUT2D eigenvalue weighted by Crippen LogP contribution is -2.01. The van der Waals surface area contributed by atoms with Gasteiger partial charge in [0.2, 0.25) is 4.77 Å². The highest BCUT2D eigenvalue weighted by molar-refractivity contribution is 7.71. The lowest BCUT2D eigenvalue weighted by molar-refractivity contribution is 0.355. The van der Waals surface area contributed by atoms with E-state index in [-0.39, 0.29) is 5.92 Å². The third kappa shape index (κ3) is 3.15. The van der Waals surface area contributed by atoms with Crippen LogP contribution in [-0.4, -0.2) is 35.3 Å². The molecule has 0 aliphatic carbocycles. The van der Waals surface area contributed by atoms with Gasteiger partial charge in [0.05, 0.1) is 25.5 Å². The van der Waals surface area contributed by atoms with Crippen molar-refractivity contribution in [3.63, 3.8) is 0 Å². The summed E-state index contributed by atoms with van der Waals surface area (Å²) in [5.41, 5.74) is 0.692. The van der Waals surface area contributed by atoms with Crippen molar-refractivity contribution < 1.29 is 9.47 Å². The molecule has 0 fully saturated rings. The molecule has 6 nitrogen and oxygen atoms in total. The number of benzene rings is 1. The monoisotopic (exact) mass is 340 g/mol. The van der Waals surface area contributed by atoms with E-state index in [9.17, 15) is 0 Å². The van der Waals surface area contributed by atoms with Crippen molar-refractivity contribution in [3.05, 3.63) is 33.3 Å². The maximum absolute atomic E-state index is 6.32. The van der Waals surface area contributed by atoms with E-state index in [0.717, 1.165) is 5.82 Å². The van der Waals surface area contributed by atoms with Crippen LogP contribution in [0.2, 0.25) is 5.02 Å². The molecule has 0 amide bonds. The van der Waals surface area contributed by atoms with Gasteiger partial charge in [0.25, 0.3) is 0 Å². The van der Waals surface area contributed by atoms with Gasteiger partial charge in [0.15, 0.2) is 17.3 Å². The van der Waals surface area contributed by atoms with Gasteiger partial charge in [-0.2, -0.15) is 14.9 Å². The van der Waals surface area contributed by atoms with Crippen molar-refractivity contribution in [2.75, 3.05) is 14.2 Å². The van der Waals surface area contributed by atoms with Crippen LogP contribution < -0.4 is 9.47 Å². The van der Waals surface area contributed by atoms with Crippen LogP contribution >= 0.6 is 23.8 Å². The highest BCUT2D eigenvalue weighted by Gasteiger charge is 2.13. The Morgan fingerprint density at radius 1 is 1.36 bits per heavy atom. The first kappa shape index (κ1) is 16.5. The van der Waals surface area contributed by atoms with Gasteiger partial charge >= 0.3 is 0 Å². The SMILES string of the molecule is COc1ccc(/C=N\n2c(C(C)C)n[nH]c2=S)c(Cl)c1OC. The lowest BCUT2D eigenvalue weighted by Gasteiger charge is -2.10. The third-order valence-corrected chi connectivity index (χ3v) is 3.67. The van der Waals surface area contributed by atoms with Crippen molar-refractivity contribution >= 4 is 30.0 Å². The van der Waals surface area contributed by atoms with E-state index in [4.69, 9.17) is 33.3 Å². The summed E-state index contributed by atoms with van der Waals surface area (Å²) in [4.78, 5) is 0. The highest BCUT2D eigenvalue weighted by atomic mass is 35.5. The first-order chi connectivity index (χ1) is 10.5.